The van der Waals surface area contributed by atoms with Gasteiger partial charge in [0.05, 0.1) is 23.7 Å². The van der Waals surface area contributed by atoms with Gasteiger partial charge in [0.25, 0.3) is 5.56 Å². The molecule has 0 bridgehead atoms. The van der Waals surface area contributed by atoms with E-state index in [1.165, 1.54) is 28.5 Å². The Morgan fingerprint density at radius 3 is 2.70 bits per heavy atom. The van der Waals surface area contributed by atoms with E-state index in [0.717, 1.165) is 34.8 Å². The summed E-state index contributed by atoms with van der Waals surface area (Å²) in [6.45, 7) is 1.83. The van der Waals surface area contributed by atoms with Crippen molar-refractivity contribution in [3.63, 3.8) is 0 Å². The molecule has 0 aliphatic heterocycles. The van der Waals surface area contributed by atoms with E-state index in [2.05, 4.69) is 28.1 Å². The van der Waals surface area contributed by atoms with Crippen LogP contribution in [0.1, 0.15) is 47.5 Å². The quantitative estimate of drug-likeness (QED) is 0.328. The topological polar surface area (TPSA) is 39.8 Å². The van der Waals surface area contributed by atoms with Crippen LogP contribution in [0.15, 0.2) is 64.0 Å². The first-order valence-electron chi connectivity index (χ1n) is 10.8. The first kappa shape index (κ1) is 21.9. The molecular formula is C25H21BrF3N3O. The van der Waals surface area contributed by atoms with Gasteiger partial charge in [-0.05, 0) is 53.8 Å². The van der Waals surface area contributed by atoms with Gasteiger partial charge in [-0.1, -0.05) is 47.1 Å². The van der Waals surface area contributed by atoms with Gasteiger partial charge in [-0.2, -0.15) is 13.2 Å². The fourth-order valence-corrected chi connectivity index (χ4v) is 5.26. The lowest BCUT2D eigenvalue weighted by Gasteiger charge is -2.18. The van der Waals surface area contributed by atoms with E-state index in [1.54, 1.807) is 12.1 Å². The Labute approximate surface area is 196 Å². The minimum atomic E-state index is -4.48. The van der Waals surface area contributed by atoms with Crippen LogP contribution in [-0.2, 0) is 25.6 Å². The summed E-state index contributed by atoms with van der Waals surface area (Å²) in [6.07, 6.45) is -0.567. The summed E-state index contributed by atoms with van der Waals surface area (Å²) in [6, 6.07) is 13.2. The van der Waals surface area contributed by atoms with E-state index < -0.39 is 11.7 Å². The van der Waals surface area contributed by atoms with Crippen LogP contribution in [-0.4, -0.2) is 14.1 Å². The van der Waals surface area contributed by atoms with Crippen LogP contribution in [0.5, 0.6) is 0 Å². The Balaban J connectivity index is 1.65. The molecule has 0 saturated heterocycles. The molecule has 0 amide bonds. The summed E-state index contributed by atoms with van der Waals surface area (Å²) in [5.41, 5.74) is 2.40. The van der Waals surface area contributed by atoms with E-state index >= 15 is 0 Å². The number of rotatable bonds is 4. The maximum Gasteiger partial charge on any atom is 0.416 e. The summed E-state index contributed by atoms with van der Waals surface area (Å²) in [5.74, 6) is 0.802. The summed E-state index contributed by atoms with van der Waals surface area (Å²) in [5, 5.41) is 0. The van der Waals surface area contributed by atoms with Gasteiger partial charge in [-0.15, -0.1) is 0 Å². The Kier molecular flexibility index (Phi) is 5.43. The number of fused-ring (bicyclic) bond motifs is 2. The van der Waals surface area contributed by atoms with Crippen molar-refractivity contribution in [1.29, 1.82) is 0 Å². The van der Waals surface area contributed by atoms with E-state index in [4.69, 9.17) is 4.98 Å². The molecule has 1 aliphatic carbocycles. The average molecular weight is 516 g/mol. The van der Waals surface area contributed by atoms with Crippen molar-refractivity contribution in [3.8, 4) is 0 Å². The summed E-state index contributed by atoms with van der Waals surface area (Å²) >= 11 is 3.52. The third-order valence-electron chi connectivity index (χ3n) is 6.33. The molecule has 4 nitrogen and oxygen atoms in total. The maximum atomic E-state index is 13.6. The molecule has 33 heavy (non-hydrogen) atoms. The minimum Gasteiger partial charge on any atom is -0.316 e. The van der Waals surface area contributed by atoms with Crippen LogP contribution >= 0.6 is 15.9 Å². The van der Waals surface area contributed by atoms with Crippen LogP contribution in [0, 0.1) is 0 Å². The fourth-order valence-electron chi connectivity index (χ4n) is 4.85. The number of hydrogen-bond donors (Lipinski definition) is 0. The van der Waals surface area contributed by atoms with Crippen LogP contribution in [0.4, 0.5) is 13.2 Å². The molecule has 0 N–H and O–H groups in total. The Bertz CT molecular complexity index is 1420. The van der Waals surface area contributed by atoms with Crippen LogP contribution in [0.3, 0.4) is 0 Å². The van der Waals surface area contributed by atoms with Crippen molar-refractivity contribution in [2.45, 2.75) is 44.9 Å². The molecule has 1 atom stereocenters. The van der Waals surface area contributed by atoms with Crippen molar-refractivity contribution in [1.82, 2.24) is 14.1 Å². The highest BCUT2D eigenvalue weighted by Crippen LogP contribution is 2.38. The molecule has 0 radical (unpaired) electrons. The summed E-state index contributed by atoms with van der Waals surface area (Å²) < 4.78 is 44.8. The zero-order chi connectivity index (χ0) is 23.3. The average Bonchev–Trinajstić information content (AvgIpc) is 3.36. The molecule has 0 unspecified atom stereocenters. The number of imidazole rings is 1. The number of nitrogens with zero attached hydrogens (tertiary/aromatic N) is 3. The highest BCUT2D eigenvalue weighted by atomic mass is 79.9. The predicted octanol–water partition coefficient (Wildman–Crippen LogP) is 6.13. The number of pyridine rings is 1. The molecule has 2 aromatic heterocycles. The van der Waals surface area contributed by atoms with Crippen LogP contribution in [0.2, 0.25) is 0 Å². The van der Waals surface area contributed by atoms with E-state index in [1.807, 2.05) is 17.6 Å². The lowest BCUT2D eigenvalue weighted by atomic mass is 10.1. The molecular weight excluding hydrogens is 495 g/mol. The van der Waals surface area contributed by atoms with Crippen molar-refractivity contribution in [3.05, 3.63) is 97.6 Å². The van der Waals surface area contributed by atoms with Crippen molar-refractivity contribution < 1.29 is 13.2 Å². The lowest BCUT2D eigenvalue weighted by Crippen LogP contribution is -2.25. The van der Waals surface area contributed by atoms with Crippen LogP contribution in [0.25, 0.3) is 11.0 Å². The molecule has 0 spiro atoms. The molecule has 170 valence electrons. The first-order chi connectivity index (χ1) is 15.8. The second kappa shape index (κ2) is 8.17. The molecule has 1 aliphatic rings. The largest absolute Gasteiger partial charge is 0.416 e. The van der Waals surface area contributed by atoms with E-state index in [0.29, 0.717) is 17.5 Å². The normalized spacial score (nSPS) is 15.8. The minimum absolute atomic E-state index is 0.0286. The van der Waals surface area contributed by atoms with Crippen molar-refractivity contribution in [2.24, 2.45) is 0 Å². The van der Waals surface area contributed by atoms with Gasteiger partial charge in [-0.25, -0.2) is 4.98 Å². The van der Waals surface area contributed by atoms with Crippen molar-refractivity contribution >= 4 is 27.0 Å². The second-order valence-corrected chi connectivity index (χ2v) is 9.20. The molecule has 5 rings (SSSR count). The van der Waals surface area contributed by atoms with Crippen molar-refractivity contribution in [2.75, 3.05) is 0 Å². The number of aromatic nitrogens is 3. The van der Waals surface area contributed by atoms with Crippen LogP contribution < -0.4 is 5.56 Å². The Hall–Kier alpha value is -2.87. The Morgan fingerprint density at radius 2 is 1.94 bits per heavy atom. The van der Waals surface area contributed by atoms with Gasteiger partial charge in [0, 0.05) is 17.1 Å². The van der Waals surface area contributed by atoms with Gasteiger partial charge in [-0.3, -0.25) is 4.79 Å². The lowest BCUT2D eigenvalue weighted by molar-refractivity contribution is -0.138. The predicted molar refractivity (Wildman–Crippen MR) is 125 cm³/mol. The highest BCUT2D eigenvalue weighted by molar-refractivity contribution is 9.10. The van der Waals surface area contributed by atoms with Gasteiger partial charge < -0.3 is 9.13 Å². The highest BCUT2D eigenvalue weighted by Gasteiger charge is 2.33. The number of aryl methyl sites for hydroxylation is 2. The molecule has 2 heterocycles. The molecule has 4 aromatic rings. The van der Waals surface area contributed by atoms with E-state index in [9.17, 15) is 18.0 Å². The molecule has 0 saturated carbocycles. The number of alkyl halides is 3. The Morgan fingerprint density at radius 1 is 1.15 bits per heavy atom. The van der Waals surface area contributed by atoms with Gasteiger partial charge in [0.2, 0.25) is 0 Å². The zero-order valence-corrected chi connectivity index (χ0v) is 19.4. The molecule has 8 heteroatoms. The molecule has 0 fully saturated rings. The smallest absolute Gasteiger partial charge is 0.316 e. The third kappa shape index (κ3) is 3.80. The monoisotopic (exact) mass is 515 g/mol. The standard InChI is InChI=1S/C25H21BrF3N3O/c1-2-22-30-20-11-12-31(14-16-5-3-4-6-19(16)25(27,28)29)24(33)23(20)32(22)21-10-7-15-13-17(26)8-9-18(15)21/h3-6,8-9,11-13,21H,2,7,10,14H2,1H3/t21-/m0/s1. The number of halogens is 4. The first-order valence-corrected chi connectivity index (χ1v) is 11.6. The van der Waals surface area contributed by atoms with Gasteiger partial charge in [0.1, 0.15) is 11.3 Å². The number of hydrogen-bond acceptors (Lipinski definition) is 2. The summed E-state index contributed by atoms with van der Waals surface area (Å²) in [7, 11) is 0. The van der Waals surface area contributed by atoms with E-state index in [-0.39, 0.29) is 23.7 Å². The second-order valence-electron chi connectivity index (χ2n) is 8.29. The maximum absolute atomic E-state index is 13.6. The van der Waals surface area contributed by atoms with Gasteiger partial charge >= 0.3 is 6.18 Å². The fraction of sp³-hybridized carbons (Fsp3) is 0.280. The summed E-state index contributed by atoms with van der Waals surface area (Å²) in [4.78, 5) is 18.3. The van der Waals surface area contributed by atoms with Gasteiger partial charge in [0.15, 0.2) is 0 Å². The third-order valence-corrected chi connectivity index (χ3v) is 6.82. The number of benzene rings is 2. The SMILES string of the molecule is CCc1nc2ccn(Cc3ccccc3C(F)(F)F)c(=O)c2n1[C@H]1CCc2cc(Br)ccc21. The zero-order valence-electron chi connectivity index (χ0n) is 17.9. The molecule has 2 aromatic carbocycles.